The molecule has 18 heavy (non-hydrogen) atoms. The largest absolute Gasteiger partial charge is 0.235 e. The minimum absolute atomic E-state index is 0.503. The van der Waals surface area contributed by atoms with Crippen molar-refractivity contribution in [1.29, 1.82) is 0 Å². The van der Waals surface area contributed by atoms with Gasteiger partial charge in [-0.05, 0) is 36.2 Å². The Labute approximate surface area is 118 Å². The minimum Gasteiger partial charge on any atom is -0.235 e. The molecule has 0 bridgehead atoms. The van der Waals surface area contributed by atoms with Crippen LogP contribution in [0.25, 0.3) is 20.7 Å². The molecule has 3 aromatic rings. The van der Waals surface area contributed by atoms with Crippen molar-refractivity contribution in [1.82, 2.24) is 9.97 Å². The Morgan fingerprint density at radius 2 is 1.94 bits per heavy atom. The summed E-state index contributed by atoms with van der Waals surface area (Å²) in [4.78, 5) is 9.35. The standard InChI is InChI=1S/C13H8Cl2N2S/c1-7-4-8(14)2-3-9(7)11-5-10-12(18-11)13(15)17-6-16-10/h2-6H,1H3. The third-order valence-corrected chi connectivity index (χ3v) is 4.52. The second kappa shape index (κ2) is 4.50. The van der Waals surface area contributed by atoms with Crippen molar-refractivity contribution >= 4 is 44.8 Å². The van der Waals surface area contributed by atoms with Crippen LogP contribution in [-0.2, 0) is 0 Å². The van der Waals surface area contributed by atoms with E-state index in [4.69, 9.17) is 23.2 Å². The zero-order valence-electron chi connectivity index (χ0n) is 9.45. The summed E-state index contributed by atoms with van der Waals surface area (Å²) in [6.45, 7) is 2.04. The molecule has 0 fully saturated rings. The Balaban J connectivity index is 2.23. The highest BCUT2D eigenvalue weighted by molar-refractivity contribution is 7.22. The average molecular weight is 295 g/mol. The van der Waals surface area contributed by atoms with E-state index in [0.717, 1.165) is 31.2 Å². The summed E-state index contributed by atoms with van der Waals surface area (Å²) in [6, 6.07) is 7.89. The van der Waals surface area contributed by atoms with E-state index in [9.17, 15) is 0 Å². The lowest BCUT2D eigenvalue weighted by Crippen LogP contribution is -1.79. The highest BCUT2D eigenvalue weighted by Gasteiger charge is 2.10. The van der Waals surface area contributed by atoms with E-state index in [1.54, 1.807) is 11.3 Å². The molecule has 2 aromatic heterocycles. The maximum Gasteiger partial charge on any atom is 0.150 e. The average Bonchev–Trinajstić information content (AvgIpc) is 2.74. The van der Waals surface area contributed by atoms with Crippen molar-refractivity contribution in [3.63, 3.8) is 0 Å². The summed E-state index contributed by atoms with van der Waals surface area (Å²) in [6.07, 6.45) is 1.48. The van der Waals surface area contributed by atoms with E-state index >= 15 is 0 Å². The molecule has 0 radical (unpaired) electrons. The Morgan fingerprint density at radius 3 is 2.67 bits per heavy atom. The van der Waals surface area contributed by atoms with Crippen molar-refractivity contribution in [3.8, 4) is 10.4 Å². The van der Waals surface area contributed by atoms with Crippen LogP contribution in [0, 0.1) is 6.92 Å². The minimum atomic E-state index is 0.503. The van der Waals surface area contributed by atoms with Gasteiger partial charge in [-0.25, -0.2) is 9.97 Å². The number of hydrogen-bond donors (Lipinski definition) is 0. The van der Waals surface area contributed by atoms with Crippen LogP contribution in [-0.4, -0.2) is 9.97 Å². The van der Waals surface area contributed by atoms with Crippen LogP contribution < -0.4 is 0 Å². The van der Waals surface area contributed by atoms with Crippen LogP contribution in [0.5, 0.6) is 0 Å². The van der Waals surface area contributed by atoms with Crippen molar-refractivity contribution < 1.29 is 0 Å². The van der Waals surface area contributed by atoms with Crippen LogP contribution in [0.3, 0.4) is 0 Å². The SMILES string of the molecule is Cc1cc(Cl)ccc1-c1cc2ncnc(Cl)c2s1. The molecule has 2 heterocycles. The number of benzene rings is 1. The van der Waals surface area contributed by atoms with E-state index in [1.807, 2.05) is 31.2 Å². The van der Waals surface area contributed by atoms with Crippen molar-refractivity contribution in [3.05, 3.63) is 46.3 Å². The van der Waals surface area contributed by atoms with Gasteiger partial charge < -0.3 is 0 Å². The van der Waals surface area contributed by atoms with Gasteiger partial charge in [0.05, 0.1) is 10.2 Å². The van der Waals surface area contributed by atoms with Gasteiger partial charge >= 0.3 is 0 Å². The summed E-state index contributed by atoms with van der Waals surface area (Å²) in [5.74, 6) is 0. The molecule has 0 atom stereocenters. The summed E-state index contributed by atoms with van der Waals surface area (Å²) >= 11 is 13.6. The second-order valence-electron chi connectivity index (χ2n) is 3.95. The van der Waals surface area contributed by atoms with Gasteiger partial charge in [0.2, 0.25) is 0 Å². The number of halogens is 2. The first-order chi connectivity index (χ1) is 8.65. The molecule has 90 valence electrons. The number of hydrogen-bond acceptors (Lipinski definition) is 3. The van der Waals surface area contributed by atoms with E-state index in [2.05, 4.69) is 9.97 Å². The monoisotopic (exact) mass is 294 g/mol. The first-order valence-electron chi connectivity index (χ1n) is 5.32. The van der Waals surface area contributed by atoms with Crippen molar-refractivity contribution in [2.75, 3.05) is 0 Å². The topological polar surface area (TPSA) is 25.8 Å². The van der Waals surface area contributed by atoms with Gasteiger partial charge in [0.1, 0.15) is 11.5 Å². The molecule has 2 nitrogen and oxygen atoms in total. The zero-order chi connectivity index (χ0) is 12.7. The van der Waals surface area contributed by atoms with Gasteiger partial charge in [-0.2, -0.15) is 0 Å². The molecule has 0 spiro atoms. The van der Waals surface area contributed by atoms with Crippen molar-refractivity contribution in [2.24, 2.45) is 0 Å². The fraction of sp³-hybridized carbons (Fsp3) is 0.0769. The molecular formula is C13H8Cl2N2S. The molecular weight excluding hydrogens is 287 g/mol. The molecule has 5 heteroatoms. The normalized spacial score (nSPS) is 11.1. The van der Waals surface area contributed by atoms with E-state index in [0.29, 0.717) is 5.15 Å². The van der Waals surface area contributed by atoms with Gasteiger partial charge in [-0.3, -0.25) is 0 Å². The lowest BCUT2D eigenvalue weighted by Gasteiger charge is -2.02. The van der Waals surface area contributed by atoms with Gasteiger partial charge in [0, 0.05) is 9.90 Å². The summed E-state index contributed by atoms with van der Waals surface area (Å²) < 4.78 is 0.920. The maximum atomic E-state index is 6.06. The molecule has 0 aliphatic carbocycles. The maximum absolute atomic E-state index is 6.06. The first-order valence-corrected chi connectivity index (χ1v) is 6.89. The van der Waals surface area contributed by atoms with Crippen LogP contribution in [0.1, 0.15) is 5.56 Å². The third kappa shape index (κ3) is 1.99. The zero-order valence-corrected chi connectivity index (χ0v) is 11.8. The smallest absolute Gasteiger partial charge is 0.150 e. The summed E-state index contributed by atoms with van der Waals surface area (Å²) in [5, 5.41) is 1.25. The fourth-order valence-electron chi connectivity index (χ4n) is 1.86. The highest BCUT2D eigenvalue weighted by atomic mass is 35.5. The second-order valence-corrected chi connectivity index (χ2v) is 5.80. The number of thiophene rings is 1. The van der Waals surface area contributed by atoms with E-state index in [1.165, 1.54) is 6.33 Å². The highest BCUT2D eigenvalue weighted by Crippen LogP contribution is 2.37. The fourth-order valence-corrected chi connectivity index (χ4v) is 3.43. The number of fused-ring (bicyclic) bond motifs is 1. The summed E-state index contributed by atoms with van der Waals surface area (Å²) in [5.41, 5.74) is 3.17. The molecule has 0 N–H and O–H groups in total. The molecule has 3 rings (SSSR count). The predicted molar refractivity (Wildman–Crippen MR) is 77.6 cm³/mol. The van der Waals surface area contributed by atoms with E-state index in [-0.39, 0.29) is 0 Å². The predicted octanol–water partition coefficient (Wildman–Crippen LogP) is 4.97. The first kappa shape index (κ1) is 11.9. The number of aromatic nitrogens is 2. The molecule has 0 saturated carbocycles. The van der Waals surface area contributed by atoms with Crippen LogP contribution >= 0.6 is 34.5 Å². The summed E-state index contributed by atoms with van der Waals surface area (Å²) in [7, 11) is 0. The molecule has 0 unspecified atom stereocenters. The lowest BCUT2D eigenvalue weighted by molar-refractivity contribution is 1.23. The number of aryl methyl sites for hydroxylation is 1. The molecule has 1 aromatic carbocycles. The lowest BCUT2D eigenvalue weighted by atomic mass is 10.1. The third-order valence-electron chi connectivity index (χ3n) is 2.72. The quantitative estimate of drug-likeness (QED) is 0.592. The van der Waals surface area contributed by atoms with Crippen molar-refractivity contribution in [2.45, 2.75) is 6.92 Å². The number of rotatable bonds is 1. The molecule has 0 saturated heterocycles. The Bertz CT molecular complexity index is 737. The Hall–Kier alpha value is -1.16. The van der Waals surface area contributed by atoms with Gasteiger partial charge in [-0.1, -0.05) is 29.3 Å². The van der Waals surface area contributed by atoms with Crippen LogP contribution in [0.2, 0.25) is 10.2 Å². The Morgan fingerprint density at radius 1 is 1.11 bits per heavy atom. The Kier molecular flexibility index (Phi) is 2.98. The molecule has 0 aliphatic rings. The van der Waals surface area contributed by atoms with Crippen LogP contribution in [0.4, 0.5) is 0 Å². The van der Waals surface area contributed by atoms with Gasteiger partial charge in [0.15, 0.2) is 0 Å². The van der Waals surface area contributed by atoms with Gasteiger partial charge in [-0.15, -0.1) is 11.3 Å². The van der Waals surface area contributed by atoms with Gasteiger partial charge in [0.25, 0.3) is 0 Å². The van der Waals surface area contributed by atoms with Crippen LogP contribution in [0.15, 0.2) is 30.6 Å². The van der Waals surface area contributed by atoms with E-state index < -0.39 is 0 Å². The molecule has 0 aliphatic heterocycles. The molecule has 0 amide bonds. The number of nitrogens with zero attached hydrogens (tertiary/aromatic N) is 2.